The quantitative estimate of drug-likeness (QED) is 0.527. The molecule has 0 amide bonds. The highest BCUT2D eigenvalue weighted by Gasteiger charge is 2.43. The number of hydrogen-bond acceptors (Lipinski definition) is 6. The summed E-state index contributed by atoms with van der Waals surface area (Å²) in [6.07, 6.45) is 4.33. The smallest absolute Gasteiger partial charge is 0.170 e. The number of piperidine rings is 1. The third kappa shape index (κ3) is 4.07. The van der Waals surface area contributed by atoms with E-state index in [1.807, 2.05) is 12.1 Å². The van der Waals surface area contributed by atoms with Crippen LogP contribution in [0.2, 0.25) is 0 Å². The Bertz CT molecular complexity index is 1270. The largest absolute Gasteiger partial charge is 0.496 e. The van der Waals surface area contributed by atoms with Crippen LogP contribution in [0.3, 0.4) is 0 Å². The first kappa shape index (κ1) is 23.5. The van der Waals surface area contributed by atoms with Crippen LogP contribution in [0.1, 0.15) is 61.4 Å². The molecule has 0 radical (unpaired) electrons. The lowest BCUT2D eigenvalue weighted by Crippen LogP contribution is -2.36. The molecule has 1 aromatic heterocycles. The van der Waals surface area contributed by atoms with Crippen LogP contribution in [-0.4, -0.2) is 54.5 Å². The third-order valence-corrected chi connectivity index (χ3v) is 8.40. The molecule has 6 rings (SSSR count). The van der Waals surface area contributed by atoms with Gasteiger partial charge in [0, 0.05) is 37.3 Å². The van der Waals surface area contributed by atoms with Gasteiger partial charge in [0.05, 0.1) is 18.7 Å². The Labute approximate surface area is 212 Å². The van der Waals surface area contributed by atoms with Gasteiger partial charge in [-0.1, -0.05) is 18.2 Å². The molecular formula is C29H35FN4O2. The van der Waals surface area contributed by atoms with Crippen LogP contribution < -0.4 is 14.5 Å². The summed E-state index contributed by atoms with van der Waals surface area (Å²) in [6.45, 7) is 5.21. The van der Waals surface area contributed by atoms with Gasteiger partial charge in [0.1, 0.15) is 11.6 Å². The zero-order chi connectivity index (χ0) is 24.9. The fraction of sp³-hybridized carbons (Fsp3) is 0.517. The van der Waals surface area contributed by atoms with E-state index < -0.39 is 5.67 Å². The van der Waals surface area contributed by atoms with Crippen molar-refractivity contribution in [3.8, 4) is 5.75 Å². The summed E-state index contributed by atoms with van der Waals surface area (Å²) in [5, 5.41) is 11.1. The predicted octanol–water partition coefficient (Wildman–Crippen LogP) is 5.25. The molecule has 3 heterocycles. The fourth-order valence-corrected chi connectivity index (χ4v) is 6.09. The van der Waals surface area contributed by atoms with E-state index in [-0.39, 0.29) is 6.10 Å². The molecule has 36 heavy (non-hydrogen) atoms. The number of methoxy groups -OCH3 is 1. The van der Waals surface area contributed by atoms with E-state index in [1.165, 1.54) is 5.56 Å². The number of fused-ring (bicyclic) bond motifs is 1. The van der Waals surface area contributed by atoms with Crippen molar-refractivity contribution >= 4 is 22.4 Å². The first-order chi connectivity index (χ1) is 17.4. The number of β-amino-alcohol motifs (C(OH)–C–C–N with tert-alkyl or cyclic N) is 1. The molecule has 1 atom stereocenters. The summed E-state index contributed by atoms with van der Waals surface area (Å²) in [4.78, 5) is 14.3. The number of halogens is 1. The van der Waals surface area contributed by atoms with E-state index in [2.05, 4.69) is 41.0 Å². The number of aromatic nitrogens is 2. The first-order valence-electron chi connectivity index (χ1n) is 13.3. The molecule has 2 aliphatic heterocycles. The number of ether oxygens (including phenoxy) is 1. The van der Waals surface area contributed by atoms with E-state index >= 15 is 4.39 Å². The Morgan fingerprint density at radius 2 is 1.78 bits per heavy atom. The van der Waals surface area contributed by atoms with Crippen molar-refractivity contribution in [2.24, 2.45) is 0 Å². The average molecular weight is 491 g/mol. The van der Waals surface area contributed by atoms with Crippen LogP contribution in [0.25, 0.3) is 10.9 Å². The Hall–Kier alpha value is -2.93. The summed E-state index contributed by atoms with van der Waals surface area (Å²) < 4.78 is 21.2. The minimum atomic E-state index is -1.41. The number of anilines is 2. The molecule has 1 aliphatic carbocycles. The zero-order valence-electron chi connectivity index (χ0n) is 21.2. The molecule has 3 aliphatic rings. The maximum atomic E-state index is 15.6. The van der Waals surface area contributed by atoms with Crippen LogP contribution in [0, 0.1) is 6.92 Å². The maximum Gasteiger partial charge on any atom is 0.170 e. The van der Waals surface area contributed by atoms with Gasteiger partial charge in [-0.15, -0.1) is 0 Å². The highest BCUT2D eigenvalue weighted by atomic mass is 19.1. The van der Waals surface area contributed by atoms with Gasteiger partial charge in [0.25, 0.3) is 0 Å². The second-order valence-electron chi connectivity index (χ2n) is 10.7. The summed E-state index contributed by atoms with van der Waals surface area (Å²) in [6, 6.07) is 12.6. The molecule has 7 heteroatoms. The number of aliphatic hydroxyl groups is 1. The molecule has 0 unspecified atom stereocenters. The number of para-hydroxylation sites is 1. The monoisotopic (exact) mass is 490 g/mol. The molecule has 1 N–H and O–H groups in total. The second kappa shape index (κ2) is 9.18. The first-order valence-corrected chi connectivity index (χ1v) is 13.3. The normalized spacial score (nSPS) is 22.2. The van der Waals surface area contributed by atoms with Crippen molar-refractivity contribution in [1.82, 2.24) is 9.97 Å². The molecule has 0 spiro atoms. The molecule has 2 aromatic carbocycles. The Balaban J connectivity index is 1.37. The highest BCUT2D eigenvalue weighted by molar-refractivity contribution is 5.94. The van der Waals surface area contributed by atoms with Crippen molar-refractivity contribution in [3.05, 3.63) is 53.3 Å². The Kier molecular flexibility index (Phi) is 5.98. The Morgan fingerprint density at radius 1 is 1.03 bits per heavy atom. The van der Waals surface area contributed by atoms with Crippen LogP contribution >= 0.6 is 0 Å². The lowest BCUT2D eigenvalue weighted by molar-refractivity contribution is 0.0512. The molecule has 2 saturated heterocycles. The van der Waals surface area contributed by atoms with Crippen LogP contribution in [-0.2, 0) is 5.67 Å². The van der Waals surface area contributed by atoms with Crippen molar-refractivity contribution in [2.75, 3.05) is 43.1 Å². The topological polar surface area (TPSA) is 61.7 Å². The lowest BCUT2D eigenvalue weighted by Gasteiger charge is -2.36. The molecule has 190 valence electrons. The molecule has 3 fully saturated rings. The van der Waals surface area contributed by atoms with Gasteiger partial charge in [-0.25, -0.2) is 14.4 Å². The average Bonchev–Trinajstić information content (AvgIpc) is 3.33. The van der Waals surface area contributed by atoms with Gasteiger partial charge >= 0.3 is 0 Å². The Morgan fingerprint density at radius 3 is 2.44 bits per heavy atom. The van der Waals surface area contributed by atoms with Crippen molar-refractivity contribution < 1.29 is 14.2 Å². The number of nitrogens with zero attached hydrogens (tertiary/aromatic N) is 4. The summed E-state index contributed by atoms with van der Waals surface area (Å²) in [5.41, 5.74) is 2.80. The maximum absolute atomic E-state index is 15.6. The minimum Gasteiger partial charge on any atom is -0.496 e. The lowest BCUT2D eigenvalue weighted by atomic mass is 9.81. The zero-order valence-corrected chi connectivity index (χ0v) is 21.2. The van der Waals surface area contributed by atoms with Gasteiger partial charge in [0.2, 0.25) is 0 Å². The number of aliphatic hydroxyl groups excluding tert-OH is 1. The predicted molar refractivity (Wildman–Crippen MR) is 141 cm³/mol. The molecule has 3 aromatic rings. The van der Waals surface area contributed by atoms with Gasteiger partial charge in [-0.3, -0.25) is 0 Å². The van der Waals surface area contributed by atoms with Crippen LogP contribution in [0.4, 0.5) is 15.9 Å². The molecule has 1 saturated carbocycles. The van der Waals surface area contributed by atoms with E-state index in [0.717, 1.165) is 79.0 Å². The SMILES string of the molecule is COc1ccccc1C1CCN(c2nc(C3(F)CCC3)nc3c(C)cc(N4CC[C@H](O)C4)cc23)CC1. The van der Waals surface area contributed by atoms with Crippen molar-refractivity contribution in [1.29, 1.82) is 0 Å². The standard InChI is InChI=1S/C29H35FN4O2/c1-19-16-21(34-15-10-22(35)18-34)17-24-26(19)31-28(29(30)11-5-12-29)32-27(24)33-13-8-20(9-14-33)23-6-3-4-7-25(23)36-2/h3-4,6-7,16-17,20,22,35H,5,8-15,18H2,1-2H3/t22-/m0/s1. The van der Waals surface area contributed by atoms with Gasteiger partial charge in [-0.2, -0.15) is 0 Å². The number of rotatable bonds is 5. The van der Waals surface area contributed by atoms with Gasteiger partial charge in [-0.05, 0) is 80.7 Å². The number of aryl methyl sites for hydroxylation is 1. The van der Waals surface area contributed by atoms with E-state index in [0.29, 0.717) is 31.1 Å². The van der Waals surface area contributed by atoms with Gasteiger partial charge < -0.3 is 19.6 Å². The van der Waals surface area contributed by atoms with Gasteiger partial charge in [0.15, 0.2) is 11.5 Å². The summed E-state index contributed by atoms with van der Waals surface area (Å²) >= 11 is 0. The highest BCUT2D eigenvalue weighted by Crippen LogP contribution is 2.45. The molecule has 0 bridgehead atoms. The molecule has 6 nitrogen and oxygen atoms in total. The fourth-order valence-electron chi connectivity index (χ4n) is 6.09. The van der Waals surface area contributed by atoms with E-state index in [1.54, 1.807) is 7.11 Å². The van der Waals surface area contributed by atoms with Crippen LogP contribution in [0.15, 0.2) is 36.4 Å². The van der Waals surface area contributed by atoms with Crippen LogP contribution in [0.5, 0.6) is 5.75 Å². The van der Waals surface area contributed by atoms with E-state index in [4.69, 9.17) is 14.7 Å². The van der Waals surface area contributed by atoms with Crippen molar-refractivity contribution in [3.63, 3.8) is 0 Å². The number of alkyl halides is 1. The summed E-state index contributed by atoms with van der Waals surface area (Å²) in [5.74, 6) is 2.56. The molecular weight excluding hydrogens is 455 g/mol. The number of benzene rings is 2. The third-order valence-electron chi connectivity index (χ3n) is 8.40. The van der Waals surface area contributed by atoms with E-state index in [9.17, 15) is 5.11 Å². The second-order valence-corrected chi connectivity index (χ2v) is 10.7. The minimum absolute atomic E-state index is 0.293. The number of hydrogen-bond donors (Lipinski definition) is 1. The summed E-state index contributed by atoms with van der Waals surface area (Å²) in [7, 11) is 1.73. The van der Waals surface area contributed by atoms with Crippen molar-refractivity contribution in [2.45, 2.75) is 63.1 Å².